The molecule has 0 radical (unpaired) electrons. The van der Waals surface area contributed by atoms with Crippen LogP contribution < -0.4 is 5.32 Å². The van der Waals surface area contributed by atoms with E-state index in [9.17, 15) is 4.79 Å². The van der Waals surface area contributed by atoms with Crippen LogP contribution in [0.5, 0.6) is 0 Å². The first kappa shape index (κ1) is 17.1. The van der Waals surface area contributed by atoms with Gasteiger partial charge in [0, 0.05) is 68.3 Å². The highest BCUT2D eigenvalue weighted by molar-refractivity contribution is 7.99. The van der Waals surface area contributed by atoms with Gasteiger partial charge in [-0.1, -0.05) is 23.7 Å². The summed E-state index contributed by atoms with van der Waals surface area (Å²) in [6.45, 7) is 5.47. The van der Waals surface area contributed by atoms with Crippen LogP contribution in [0.1, 0.15) is 12.0 Å². The Kier molecular flexibility index (Phi) is 6.22. The monoisotopic (exact) mass is 353 g/mol. The lowest BCUT2D eigenvalue weighted by Crippen LogP contribution is -2.50. The van der Waals surface area contributed by atoms with Gasteiger partial charge < -0.3 is 10.2 Å². The molecule has 2 aliphatic heterocycles. The normalized spacial score (nSPS) is 23.0. The van der Waals surface area contributed by atoms with Crippen LogP contribution >= 0.6 is 23.4 Å². The highest BCUT2D eigenvalue weighted by Crippen LogP contribution is 2.15. The first-order valence-corrected chi connectivity index (χ1v) is 9.80. The van der Waals surface area contributed by atoms with Gasteiger partial charge in [-0.15, -0.1) is 0 Å². The molecule has 2 fully saturated rings. The van der Waals surface area contributed by atoms with Crippen molar-refractivity contribution in [1.82, 2.24) is 15.1 Å². The number of hydrogen-bond donors (Lipinski definition) is 1. The lowest BCUT2D eigenvalue weighted by molar-refractivity contribution is -0.133. The maximum Gasteiger partial charge on any atom is 0.224 e. The van der Waals surface area contributed by atoms with Crippen LogP contribution in [0.15, 0.2) is 24.3 Å². The Labute approximate surface area is 147 Å². The largest absolute Gasteiger partial charge is 0.340 e. The standard InChI is InChI=1S/C17H24ClN3OS/c18-15-3-1-2-14(10-15)12-20-5-7-21(8-6-20)17(22)11-16-13-23-9-4-19-16/h1-3,10,16,19H,4-9,11-13H2. The molecule has 23 heavy (non-hydrogen) atoms. The fourth-order valence-electron chi connectivity index (χ4n) is 3.14. The van der Waals surface area contributed by atoms with E-state index in [0.717, 1.165) is 55.8 Å². The number of carbonyl (C=O) groups excluding carboxylic acids is 1. The van der Waals surface area contributed by atoms with Crippen molar-refractivity contribution >= 4 is 29.3 Å². The van der Waals surface area contributed by atoms with Crippen molar-refractivity contribution < 1.29 is 4.79 Å². The van der Waals surface area contributed by atoms with E-state index in [1.54, 1.807) is 0 Å². The molecule has 2 heterocycles. The topological polar surface area (TPSA) is 35.6 Å². The molecule has 1 aromatic carbocycles. The number of nitrogens with zero attached hydrogens (tertiary/aromatic N) is 2. The molecule has 0 bridgehead atoms. The number of rotatable bonds is 4. The molecule has 1 aromatic rings. The zero-order valence-electron chi connectivity index (χ0n) is 13.3. The van der Waals surface area contributed by atoms with Gasteiger partial charge in [0.25, 0.3) is 0 Å². The fourth-order valence-corrected chi connectivity index (χ4v) is 4.30. The molecule has 4 nitrogen and oxygen atoms in total. The molecule has 0 aliphatic carbocycles. The minimum Gasteiger partial charge on any atom is -0.340 e. The summed E-state index contributed by atoms with van der Waals surface area (Å²) >= 11 is 7.98. The van der Waals surface area contributed by atoms with Crippen LogP contribution in [-0.2, 0) is 11.3 Å². The van der Waals surface area contributed by atoms with Gasteiger partial charge in [-0.05, 0) is 17.7 Å². The SMILES string of the molecule is O=C(CC1CSCCN1)N1CCN(Cc2cccc(Cl)c2)CC1. The minimum absolute atomic E-state index is 0.299. The van der Waals surface area contributed by atoms with Gasteiger partial charge in [0.05, 0.1) is 0 Å². The molecular weight excluding hydrogens is 330 g/mol. The van der Waals surface area contributed by atoms with Gasteiger partial charge in [-0.25, -0.2) is 0 Å². The molecule has 1 atom stereocenters. The zero-order chi connectivity index (χ0) is 16.1. The molecule has 126 valence electrons. The quantitative estimate of drug-likeness (QED) is 0.899. The Morgan fingerprint density at radius 3 is 2.83 bits per heavy atom. The molecule has 2 aliphatic rings. The third-order valence-electron chi connectivity index (χ3n) is 4.44. The number of thioether (sulfide) groups is 1. The molecule has 1 unspecified atom stereocenters. The van der Waals surface area contributed by atoms with Crippen molar-refractivity contribution in [2.45, 2.75) is 19.0 Å². The third kappa shape index (κ3) is 5.11. The van der Waals surface area contributed by atoms with Gasteiger partial charge >= 0.3 is 0 Å². The Balaban J connectivity index is 1.43. The van der Waals surface area contributed by atoms with Crippen LogP contribution in [0.2, 0.25) is 5.02 Å². The summed E-state index contributed by atoms with van der Waals surface area (Å²) in [6, 6.07) is 8.37. The molecule has 6 heteroatoms. The summed E-state index contributed by atoms with van der Waals surface area (Å²) in [6.07, 6.45) is 0.640. The van der Waals surface area contributed by atoms with Crippen LogP contribution in [-0.4, -0.2) is 66.0 Å². The number of hydrogen-bond acceptors (Lipinski definition) is 4. The number of amides is 1. The van der Waals surface area contributed by atoms with Crippen molar-refractivity contribution in [2.75, 3.05) is 44.2 Å². The molecule has 3 rings (SSSR count). The Morgan fingerprint density at radius 2 is 2.13 bits per heavy atom. The van der Waals surface area contributed by atoms with E-state index in [4.69, 9.17) is 11.6 Å². The van der Waals surface area contributed by atoms with Gasteiger partial charge in [-0.2, -0.15) is 11.8 Å². The van der Waals surface area contributed by atoms with Crippen molar-refractivity contribution in [3.63, 3.8) is 0 Å². The number of piperazine rings is 1. The van der Waals surface area contributed by atoms with E-state index >= 15 is 0 Å². The fraction of sp³-hybridized carbons (Fsp3) is 0.588. The van der Waals surface area contributed by atoms with Crippen molar-refractivity contribution in [3.05, 3.63) is 34.9 Å². The smallest absolute Gasteiger partial charge is 0.224 e. The Morgan fingerprint density at radius 1 is 1.30 bits per heavy atom. The molecule has 1 N–H and O–H groups in total. The van der Waals surface area contributed by atoms with Gasteiger partial charge in [-0.3, -0.25) is 9.69 Å². The molecule has 0 aromatic heterocycles. The number of carbonyl (C=O) groups is 1. The van der Waals surface area contributed by atoms with Gasteiger partial charge in [0.1, 0.15) is 0 Å². The predicted octanol–water partition coefficient (Wildman–Crippen LogP) is 2.08. The highest BCUT2D eigenvalue weighted by Gasteiger charge is 2.24. The van der Waals surface area contributed by atoms with E-state index in [-0.39, 0.29) is 0 Å². The van der Waals surface area contributed by atoms with Crippen molar-refractivity contribution in [3.8, 4) is 0 Å². The molecule has 1 amide bonds. The van der Waals surface area contributed by atoms with Gasteiger partial charge in [0.2, 0.25) is 5.91 Å². The minimum atomic E-state index is 0.299. The van der Waals surface area contributed by atoms with Crippen LogP contribution in [0, 0.1) is 0 Å². The summed E-state index contributed by atoms with van der Waals surface area (Å²) in [5.74, 6) is 2.51. The molecule has 0 saturated carbocycles. The third-order valence-corrected chi connectivity index (χ3v) is 5.81. The number of nitrogens with one attached hydrogen (secondary N) is 1. The first-order valence-electron chi connectivity index (χ1n) is 8.26. The lowest BCUT2D eigenvalue weighted by Gasteiger charge is -2.35. The number of halogens is 1. The molecule has 0 spiro atoms. The Bertz CT molecular complexity index is 528. The average molecular weight is 354 g/mol. The summed E-state index contributed by atoms with van der Waals surface area (Å²) in [4.78, 5) is 16.8. The first-order chi connectivity index (χ1) is 11.2. The average Bonchev–Trinajstić information content (AvgIpc) is 2.56. The lowest BCUT2D eigenvalue weighted by atomic mass is 10.1. The van der Waals surface area contributed by atoms with Crippen LogP contribution in [0.4, 0.5) is 0 Å². The van der Waals surface area contributed by atoms with Crippen molar-refractivity contribution in [2.24, 2.45) is 0 Å². The molecular formula is C17H24ClN3OS. The van der Waals surface area contributed by atoms with E-state index in [1.807, 2.05) is 34.9 Å². The van der Waals surface area contributed by atoms with E-state index in [1.165, 1.54) is 5.56 Å². The van der Waals surface area contributed by atoms with Crippen LogP contribution in [0.25, 0.3) is 0 Å². The maximum absolute atomic E-state index is 12.4. The van der Waals surface area contributed by atoms with Crippen molar-refractivity contribution in [1.29, 1.82) is 0 Å². The second-order valence-corrected chi connectivity index (χ2v) is 7.80. The zero-order valence-corrected chi connectivity index (χ0v) is 14.9. The highest BCUT2D eigenvalue weighted by atomic mass is 35.5. The maximum atomic E-state index is 12.4. The summed E-state index contributed by atoms with van der Waals surface area (Å²) in [5.41, 5.74) is 1.24. The second-order valence-electron chi connectivity index (χ2n) is 6.22. The van der Waals surface area contributed by atoms with E-state index in [0.29, 0.717) is 18.4 Å². The molecule has 2 saturated heterocycles. The summed E-state index contributed by atoms with van der Waals surface area (Å²) in [7, 11) is 0. The van der Waals surface area contributed by atoms with E-state index < -0.39 is 0 Å². The Hall–Kier alpha value is -0.750. The second kappa shape index (κ2) is 8.38. The van der Waals surface area contributed by atoms with Gasteiger partial charge in [0.15, 0.2) is 0 Å². The number of benzene rings is 1. The summed E-state index contributed by atoms with van der Waals surface area (Å²) in [5, 5.41) is 4.23. The van der Waals surface area contributed by atoms with E-state index in [2.05, 4.69) is 16.3 Å². The van der Waals surface area contributed by atoms with Crippen LogP contribution in [0.3, 0.4) is 0 Å². The summed E-state index contributed by atoms with van der Waals surface area (Å²) < 4.78 is 0. The predicted molar refractivity (Wildman–Crippen MR) is 97.0 cm³/mol.